The Labute approximate surface area is 144 Å². The molecule has 2 aromatic rings. The van der Waals surface area contributed by atoms with E-state index in [9.17, 15) is 0 Å². The topological polar surface area (TPSA) is 33.6 Å². The Kier molecular flexibility index (Phi) is 4.52. The van der Waals surface area contributed by atoms with Crippen LogP contribution in [0.2, 0.25) is 0 Å². The zero-order chi connectivity index (χ0) is 16.4. The number of nitrogens with zero attached hydrogens (tertiary/aromatic N) is 1. The summed E-state index contributed by atoms with van der Waals surface area (Å²) in [5.41, 5.74) is 1.51. The summed E-state index contributed by atoms with van der Waals surface area (Å²) in [6, 6.07) is 17.1. The molecule has 0 unspecified atom stereocenters. The number of hydrogen-bond acceptors (Lipinski definition) is 3. The van der Waals surface area contributed by atoms with Crippen molar-refractivity contribution in [2.24, 2.45) is 11.1 Å². The fraction of sp³-hybridized carbons (Fsp3) is 0.476. The number of rotatable bonds is 5. The maximum Gasteiger partial charge on any atom is 0.106 e. The lowest BCUT2D eigenvalue weighted by atomic mass is 9.74. The van der Waals surface area contributed by atoms with Gasteiger partial charge in [0.15, 0.2) is 0 Å². The molecule has 1 N–H and O–H groups in total. The monoisotopic (exact) mass is 322 g/mol. The van der Waals surface area contributed by atoms with Gasteiger partial charge < -0.3 is 10.2 Å². The third kappa shape index (κ3) is 3.05. The summed E-state index contributed by atoms with van der Waals surface area (Å²) in [5.74, 6) is 1.34. The molecule has 0 spiro atoms. The van der Waals surface area contributed by atoms with Crippen LogP contribution in [0.5, 0.6) is 0 Å². The van der Waals surface area contributed by atoms with E-state index in [1.54, 1.807) is 7.11 Å². The van der Waals surface area contributed by atoms with Gasteiger partial charge in [-0.05, 0) is 60.3 Å². The molecule has 0 amide bonds. The van der Waals surface area contributed by atoms with Gasteiger partial charge in [0.2, 0.25) is 0 Å². The Morgan fingerprint density at radius 2 is 2.04 bits per heavy atom. The molecule has 0 aliphatic carbocycles. The number of piperidine rings is 1. The van der Waals surface area contributed by atoms with E-state index < -0.39 is 0 Å². The molecule has 0 radical (unpaired) electrons. The SMILES string of the molecule is CON=CCC[C@@H]1[C@H]2CC[C@@H](C[C@H]1c1ccc3ccccc3c1)N2. The molecule has 2 heterocycles. The first-order chi connectivity index (χ1) is 11.8. The highest BCUT2D eigenvalue weighted by Crippen LogP contribution is 2.44. The Hall–Kier alpha value is -1.87. The molecule has 0 saturated carbocycles. The lowest BCUT2D eigenvalue weighted by Gasteiger charge is -2.38. The van der Waals surface area contributed by atoms with Crippen molar-refractivity contribution in [3.05, 3.63) is 48.0 Å². The molecule has 2 bridgehead atoms. The quantitative estimate of drug-likeness (QED) is 0.650. The molecule has 2 aliphatic rings. The Balaban J connectivity index is 1.60. The Morgan fingerprint density at radius 3 is 2.92 bits per heavy atom. The van der Waals surface area contributed by atoms with Crippen LogP contribution in [0, 0.1) is 5.92 Å². The van der Waals surface area contributed by atoms with Crippen LogP contribution in [-0.4, -0.2) is 25.4 Å². The van der Waals surface area contributed by atoms with Crippen molar-refractivity contribution in [2.45, 2.75) is 50.1 Å². The van der Waals surface area contributed by atoms with E-state index in [2.05, 4.69) is 52.9 Å². The van der Waals surface area contributed by atoms with Crippen LogP contribution in [0.15, 0.2) is 47.6 Å². The molecule has 0 aromatic heterocycles. The van der Waals surface area contributed by atoms with Gasteiger partial charge in [-0.3, -0.25) is 0 Å². The molecule has 3 heteroatoms. The standard InChI is InChI=1S/C21H26N2O/c1-24-22-12-4-7-19-20(14-18-10-11-21(19)23-18)17-9-8-15-5-2-3-6-16(15)13-17/h2-3,5-6,8-9,12-13,18-21,23H,4,7,10-11,14H2,1H3/t18-,19-,20-,21+/m0/s1. The largest absolute Gasteiger partial charge is 0.399 e. The minimum atomic E-state index is 0.657. The number of oxime groups is 1. The third-order valence-corrected chi connectivity index (χ3v) is 5.86. The highest BCUT2D eigenvalue weighted by molar-refractivity contribution is 5.83. The zero-order valence-electron chi connectivity index (χ0n) is 14.3. The van der Waals surface area contributed by atoms with E-state index in [1.807, 2.05) is 6.21 Å². The average Bonchev–Trinajstić information content (AvgIpc) is 3.02. The second-order valence-corrected chi connectivity index (χ2v) is 7.21. The fourth-order valence-corrected chi connectivity index (χ4v) is 4.75. The van der Waals surface area contributed by atoms with Crippen LogP contribution in [0.4, 0.5) is 0 Å². The normalized spacial score (nSPS) is 29.4. The maximum absolute atomic E-state index is 4.81. The van der Waals surface area contributed by atoms with Crippen molar-refractivity contribution in [1.29, 1.82) is 0 Å². The minimum absolute atomic E-state index is 0.657. The molecule has 24 heavy (non-hydrogen) atoms. The van der Waals surface area contributed by atoms with E-state index in [0.29, 0.717) is 23.9 Å². The van der Waals surface area contributed by atoms with E-state index in [1.165, 1.54) is 42.0 Å². The highest BCUT2D eigenvalue weighted by atomic mass is 16.6. The minimum Gasteiger partial charge on any atom is -0.399 e. The van der Waals surface area contributed by atoms with Crippen LogP contribution in [0.3, 0.4) is 0 Å². The summed E-state index contributed by atoms with van der Waals surface area (Å²) in [7, 11) is 1.61. The van der Waals surface area contributed by atoms with Gasteiger partial charge in [-0.2, -0.15) is 0 Å². The van der Waals surface area contributed by atoms with Gasteiger partial charge >= 0.3 is 0 Å². The Bertz CT molecular complexity index is 727. The van der Waals surface area contributed by atoms with Gasteiger partial charge in [-0.1, -0.05) is 47.6 Å². The van der Waals surface area contributed by atoms with Crippen molar-refractivity contribution in [2.75, 3.05) is 7.11 Å². The van der Waals surface area contributed by atoms with Crippen molar-refractivity contribution in [1.82, 2.24) is 5.32 Å². The van der Waals surface area contributed by atoms with Crippen molar-refractivity contribution < 1.29 is 4.84 Å². The van der Waals surface area contributed by atoms with Crippen LogP contribution in [0.25, 0.3) is 10.8 Å². The molecule has 2 fully saturated rings. The van der Waals surface area contributed by atoms with Crippen molar-refractivity contribution in [3.63, 3.8) is 0 Å². The van der Waals surface area contributed by atoms with Crippen LogP contribution < -0.4 is 5.32 Å². The van der Waals surface area contributed by atoms with Gasteiger partial charge in [0, 0.05) is 18.3 Å². The van der Waals surface area contributed by atoms with Gasteiger partial charge in [0.1, 0.15) is 7.11 Å². The fourth-order valence-electron chi connectivity index (χ4n) is 4.75. The molecular formula is C21H26N2O. The number of fused-ring (bicyclic) bond motifs is 3. The summed E-state index contributed by atoms with van der Waals surface area (Å²) in [4.78, 5) is 4.81. The number of nitrogens with one attached hydrogen (secondary N) is 1. The van der Waals surface area contributed by atoms with Gasteiger partial charge in [-0.25, -0.2) is 0 Å². The van der Waals surface area contributed by atoms with E-state index in [4.69, 9.17) is 4.84 Å². The summed E-state index contributed by atoms with van der Waals surface area (Å²) < 4.78 is 0. The first-order valence-corrected chi connectivity index (χ1v) is 9.15. The molecule has 2 aliphatic heterocycles. The second kappa shape index (κ2) is 6.94. The van der Waals surface area contributed by atoms with E-state index in [-0.39, 0.29) is 0 Å². The summed E-state index contributed by atoms with van der Waals surface area (Å²) in [5, 5.41) is 10.4. The Morgan fingerprint density at radius 1 is 1.17 bits per heavy atom. The lowest BCUT2D eigenvalue weighted by molar-refractivity contribution is 0.212. The van der Waals surface area contributed by atoms with Crippen LogP contribution in [-0.2, 0) is 4.84 Å². The molecule has 2 saturated heterocycles. The van der Waals surface area contributed by atoms with Gasteiger partial charge in [-0.15, -0.1) is 0 Å². The van der Waals surface area contributed by atoms with Gasteiger partial charge in [0.05, 0.1) is 0 Å². The number of benzene rings is 2. The first-order valence-electron chi connectivity index (χ1n) is 9.15. The predicted octanol–water partition coefficient (Wildman–Crippen LogP) is 4.48. The van der Waals surface area contributed by atoms with Crippen molar-refractivity contribution >= 4 is 17.0 Å². The smallest absolute Gasteiger partial charge is 0.106 e. The van der Waals surface area contributed by atoms with Gasteiger partial charge in [0.25, 0.3) is 0 Å². The molecule has 4 rings (SSSR count). The molecule has 126 valence electrons. The van der Waals surface area contributed by atoms with E-state index >= 15 is 0 Å². The average molecular weight is 322 g/mol. The second-order valence-electron chi connectivity index (χ2n) is 7.21. The predicted molar refractivity (Wildman–Crippen MR) is 99.5 cm³/mol. The molecular weight excluding hydrogens is 296 g/mol. The summed E-state index contributed by atoms with van der Waals surface area (Å²) >= 11 is 0. The van der Waals surface area contributed by atoms with Crippen LogP contribution >= 0.6 is 0 Å². The lowest BCUT2D eigenvalue weighted by Crippen LogP contribution is -2.44. The summed E-state index contributed by atoms with van der Waals surface area (Å²) in [6.07, 6.45) is 8.00. The number of hydrogen-bond donors (Lipinski definition) is 1. The zero-order valence-corrected chi connectivity index (χ0v) is 14.3. The third-order valence-electron chi connectivity index (χ3n) is 5.86. The molecule has 3 nitrogen and oxygen atoms in total. The molecule has 4 atom stereocenters. The highest BCUT2D eigenvalue weighted by Gasteiger charge is 2.41. The first kappa shape index (κ1) is 15.6. The molecule has 2 aromatic carbocycles. The maximum atomic E-state index is 4.81. The van der Waals surface area contributed by atoms with E-state index in [0.717, 1.165) is 6.42 Å². The summed E-state index contributed by atoms with van der Waals surface area (Å²) in [6.45, 7) is 0. The van der Waals surface area contributed by atoms with Crippen LogP contribution in [0.1, 0.15) is 43.6 Å². The van der Waals surface area contributed by atoms with Crippen molar-refractivity contribution in [3.8, 4) is 0 Å².